The van der Waals surface area contributed by atoms with E-state index in [1.165, 1.54) is 0 Å². The van der Waals surface area contributed by atoms with Crippen molar-refractivity contribution < 1.29 is 23.8 Å². The van der Waals surface area contributed by atoms with Crippen LogP contribution in [0.15, 0.2) is 97.1 Å². The average Bonchev–Trinajstić information content (AvgIpc) is 2.94. The zero-order valence-electron chi connectivity index (χ0n) is 22.4. The molecule has 0 radical (unpaired) electrons. The molecule has 0 heterocycles. The second kappa shape index (κ2) is 10.6. The van der Waals surface area contributed by atoms with E-state index in [1.807, 2.05) is 54.6 Å². The van der Waals surface area contributed by atoms with Gasteiger partial charge in [0.25, 0.3) is 0 Å². The zero-order chi connectivity index (χ0) is 27.7. The lowest BCUT2D eigenvalue weighted by molar-refractivity contribution is -0.131. The summed E-state index contributed by atoms with van der Waals surface area (Å²) in [5, 5.41) is 3.34. The molecule has 0 saturated heterocycles. The summed E-state index contributed by atoms with van der Waals surface area (Å²) in [5.74, 6) is 0.487. The van der Waals surface area contributed by atoms with Crippen LogP contribution in [-0.4, -0.2) is 11.9 Å². The number of fused-ring (bicyclic) bond motifs is 3. The SMILES string of the molecule is C=C(C)C(=O)Oc1c2c(c(OC(=O)C(=C)C)c3ccccc13)C(Oc1c(CC)ccc3ccccc13)C=CC2. The molecule has 5 rings (SSSR count). The highest BCUT2D eigenvalue weighted by Crippen LogP contribution is 2.48. The summed E-state index contributed by atoms with van der Waals surface area (Å²) in [5.41, 5.74) is 2.98. The standard InChI is InChI=1S/C34H30O5/c1-6-22-18-19-23-12-7-8-13-24(23)30(22)37-28-17-11-16-27-29(28)32(39-34(36)21(4)5)26-15-10-9-14-25(26)31(27)38-33(35)20(2)3/h7-15,17-19,28H,2,4,6,16H2,1,3,5H3. The molecule has 0 N–H and O–H groups in total. The van der Waals surface area contributed by atoms with Gasteiger partial charge in [0.2, 0.25) is 0 Å². The van der Waals surface area contributed by atoms with Gasteiger partial charge in [0.1, 0.15) is 23.4 Å². The average molecular weight is 519 g/mol. The smallest absolute Gasteiger partial charge is 0.338 e. The van der Waals surface area contributed by atoms with Gasteiger partial charge >= 0.3 is 11.9 Å². The number of benzene rings is 4. The highest BCUT2D eigenvalue weighted by molar-refractivity contribution is 6.02. The van der Waals surface area contributed by atoms with Gasteiger partial charge < -0.3 is 14.2 Å². The molecular weight excluding hydrogens is 488 g/mol. The molecule has 0 fully saturated rings. The fourth-order valence-corrected chi connectivity index (χ4v) is 4.87. The van der Waals surface area contributed by atoms with Crippen LogP contribution in [0.3, 0.4) is 0 Å². The number of allylic oxidation sites excluding steroid dienone is 1. The van der Waals surface area contributed by atoms with Gasteiger partial charge in [0, 0.05) is 38.4 Å². The van der Waals surface area contributed by atoms with Gasteiger partial charge in [-0.15, -0.1) is 0 Å². The number of carbonyl (C=O) groups is 2. The molecule has 5 nitrogen and oxygen atoms in total. The van der Waals surface area contributed by atoms with Gasteiger partial charge in [-0.2, -0.15) is 0 Å². The number of hydrogen-bond acceptors (Lipinski definition) is 5. The van der Waals surface area contributed by atoms with Crippen molar-refractivity contribution in [2.45, 2.75) is 39.7 Å². The van der Waals surface area contributed by atoms with Crippen LogP contribution in [-0.2, 0) is 22.4 Å². The Bertz CT molecular complexity index is 1690. The van der Waals surface area contributed by atoms with Crippen LogP contribution in [0.25, 0.3) is 21.5 Å². The number of esters is 2. The molecule has 1 atom stereocenters. The molecule has 1 unspecified atom stereocenters. The van der Waals surface area contributed by atoms with Crippen LogP contribution < -0.4 is 14.2 Å². The largest absolute Gasteiger partial charge is 0.481 e. The summed E-state index contributed by atoms with van der Waals surface area (Å²) >= 11 is 0. The van der Waals surface area contributed by atoms with Crippen molar-refractivity contribution in [1.82, 2.24) is 0 Å². The third-order valence-electron chi connectivity index (χ3n) is 6.85. The first-order chi connectivity index (χ1) is 18.8. The third kappa shape index (κ3) is 4.84. The Morgan fingerprint density at radius 1 is 0.795 bits per heavy atom. The molecule has 0 bridgehead atoms. The molecule has 196 valence electrons. The summed E-state index contributed by atoms with van der Waals surface area (Å²) in [6, 6.07) is 19.7. The fourth-order valence-electron chi connectivity index (χ4n) is 4.87. The van der Waals surface area contributed by atoms with Crippen LogP contribution in [0.2, 0.25) is 0 Å². The first-order valence-electron chi connectivity index (χ1n) is 13.0. The topological polar surface area (TPSA) is 61.8 Å². The lowest BCUT2D eigenvalue weighted by Crippen LogP contribution is -2.19. The second-order valence-corrected chi connectivity index (χ2v) is 9.73. The van der Waals surface area contributed by atoms with Crippen molar-refractivity contribution in [2.24, 2.45) is 0 Å². The Kier molecular flexibility index (Phi) is 7.07. The summed E-state index contributed by atoms with van der Waals surface area (Å²) in [4.78, 5) is 25.6. The van der Waals surface area contributed by atoms with Gasteiger partial charge in [-0.25, -0.2) is 9.59 Å². The molecule has 0 amide bonds. The molecule has 0 aliphatic heterocycles. The van der Waals surface area contributed by atoms with Crippen LogP contribution in [0.4, 0.5) is 0 Å². The molecule has 0 saturated carbocycles. The number of aryl methyl sites for hydroxylation is 1. The quantitative estimate of drug-likeness (QED) is 0.108. The van der Waals surface area contributed by atoms with Crippen molar-refractivity contribution in [3.8, 4) is 17.2 Å². The molecule has 5 heteroatoms. The van der Waals surface area contributed by atoms with E-state index in [9.17, 15) is 9.59 Å². The molecule has 4 aromatic carbocycles. The monoisotopic (exact) mass is 518 g/mol. The number of ether oxygens (including phenoxy) is 3. The van der Waals surface area contributed by atoms with E-state index in [-0.39, 0.29) is 11.1 Å². The number of carbonyl (C=O) groups excluding carboxylic acids is 2. The van der Waals surface area contributed by atoms with Gasteiger partial charge in [-0.05, 0) is 43.7 Å². The third-order valence-corrected chi connectivity index (χ3v) is 6.85. The Hall–Kier alpha value is -4.64. The van der Waals surface area contributed by atoms with Crippen LogP contribution in [0.5, 0.6) is 17.2 Å². The van der Waals surface area contributed by atoms with E-state index in [0.29, 0.717) is 34.3 Å². The predicted molar refractivity (Wildman–Crippen MR) is 154 cm³/mol. The van der Waals surface area contributed by atoms with E-state index < -0.39 is 18.0 Å². The Balaban J connectivity index is 1.77. The minimum atomic E-state index is -0.607. The van der Waals surface area contributed by atoms with Crippen LogP contribution in [0.1, 0.15) is 43.6 Å². The minimum absolute atomic E-state index is 0.275. The first kappa shape index (κ1) is 26.0. The molecule has 4 aromatic rings. The van der Waals surface area contributed by atoms with E-state index in [1.54, 1.807) is 13.8 Å². The van der Waals surface area contributed by atoms with Crippen molar-refractivity contribution >= 4 is 33.5 Å². The normalized spacial score (nSPS) is 14.1. The van der Waals surface area contributed by atoms with Crippen molar-refractivity contribution in [3.63, 3.8) is 0 Å². The van der Waals surface area contributed by atoms with E-state index in [4.69, 9.17) is 14.2 Å². The fraction of sp³-hybridized carbons (Fsp3) is 0.176. The minimum Gasteiger partial charge on any atom is -0.481 e. The number of rotatable bonds is 7. The Morgan fingerprint density at radius 3 is 2.03 bits per heavy atom. The summed E-state index contributed by atoms with van der Waals surface area (Å²) < 4.78 is 18.7. The van der Waals surface area contributed by atoms with Gasteiger partial charge in [0.05, 0.1) is 0 Å². The van der Waals surface area contributed by atoms with Crippen molar-refractivity contribution in [3.05, 3.63) is 114 Å². The maximum atomic E-state index is 12.9. The summed E-state index contributed by atoms with van der Waals surface area (Å²) in [6.07, 6.45) is 4.58. The predicted octanol–water partition coefficient (Wildman–Crippen LogP) is 7.75. The first-order valence-corrected chi connectivity index (χ1v) is 13.0. The van der Waals surface area contributed by atoms with Crippen LogP contribution in [0, 0.1) is 0 Å². The Labute approximate surface area is 228 Å². The molecule has 0 spiro atoms. The van der Waals surface area contributed by atoms with Crippen LogP contribution >= 0.6 is 0 Å². The molecule has 1 aliphatic carbocycles. The number of hydrogen-bond donors (Lipinski definition) is 0. The summed E-state index contributed by atoms with van der Waals surface area (Å²) in [7, 11) is 0. The van der Waals surface area contributed by atoms with E-state index in [2.05, 4.69) is 38.3 Å². The van der Waals surface area contributed by atoms with Crippen molar-refractivity contribution in [2.75, 3.05) is 0 Å². The molecule has 0 aromatic heterocycles. The maximum absolute atomic E-state index is 12.9. The van der Waals surface area contributed by atoms with E-state index >= 15 is 0 Å². The molecule has 39 heavy (non-hydrogen) atoms. The zero-order valence-corrected chi connectivity index (χ0v) is 22.4. The lowest BCUT2D eigenvalue weighted by atomic mass is 9.88. The molecule has 1 aliphatic rings. The Morgan fingerprint density at radius 2 is 1.38 bits per heavy atom. The van der Waals surface area contributed by atoms with Crippen molar-refractivity contribution in [1.29, 1.82) is 0 Å². The van der Waals surface area contributed by atoms with Gasteiger partial charge in [0.15, 0.2) is 0 Å². The lowest BCUT2D eigenvalue weighted by Gasteiger charge is -2.29. The second-order valence-electron chi connectivity index (χ2n) is 9.73. The van der Waals surface area contributed by atoms with Gasteiger partial charge in [-0.1, -0.05) is 86.8 Å². The summed E-state index contributed by atoms with van der Waals surface area (Å²) in [6.45, 7) is 12.8. The maximum Gasteiger partial charge on any atom is 0.338 e. The highest BCUT2D eigenvalue weighted by atomic mass is 16.5. The van der Waals surface area contributed by atoms with E-state index in [0.717, 1.165) is 34.1 Å². The highest BCUT2D eigenvalue weighted by Gasteiger charge is 2.32. The van der Waals surface area contributed by atoms with Gasteiger partial charge in [-0.3, -0.25) is 0 Å². The molecular formula is C34H30O5.